The second-order valence-corrected chi connectivity index (χ2v) is 8.07. The molecule has 0 radical (unpaired) electrons. The van der Waals surface area contributed by atoms with E-state index in [0.717, 1.165) is 48.6 Å². The quantitative estimate of drug-likeness (QED) is 0.784. The summed E-state index contributed by atoms with van der Waals surface area (Å²) in [4.78, 5) is 2.26. The van der Waals surface area contributed by atoms with Crippen LogP contribution in [0, 0.1) is 0 Å². The molecule has 5 rings (SSSR count). The lowest BCUT2D eigenvalue weighted by Gasteiger charge is -2.26. The van der Waals surface area contributed by atoms with Crippen molar-refractivity contribution < 1.29 is 23.9 Å². The Morgan fingerprint density at radius 3 is 2.63 bits per heavy atom. The summed E-state index contributed by atoms with van der Waals surface area (Å²) in [5, 5.41) is 12.0. The van der Waals surface area contributed by atoms with Crippen LogP contribution < -0.4 is 19.1 Å². The standard InChI is InChI=1S/C24H29N2O4/c1-2-28-20-10-8-19(9-11-20)25-17-24(27,26-13-5-3-4-6-23(25)26)18-7-12-21-22(16-18)30-15-14-29-21/h7-12,16,27H,2-6,13-15,17H2,1H3/q+1. The van der Waals surface area contributed by atoms with Crippen LogP contribution in [0.4, 0.5) is 5.69 Å². The van der Waals surface area contributed by atoms with Crippen molar-refractivity contribution in [2.75, 3.05) is 37.8 Å². The van der Waals surface area contributed by atoms with E-state index in [9.17, 15) is 5.11 Å². The van der Waals surface area contributed by atoms with Gasteiger partial charge in [0, 0.05) is 12.0 Å². The molecule has 1 atom stereocenters. The molecule has 0 saturated heterocycles. The van der Waals surface area contributed by atoms with E-state index in [0.29, 0.717) is 32.1 Å². The molecule has 3 heterocycles. The molecule has 0 aliphatic carbocycles. The molecule has 1 N–H and O–H groups in total. The molecule has 0 aromatic heterocycles. The highest BCUT2D eigenvalue weighted by Gasteiger charge is 2.52. The van der Waals surface area contributed by atoms with Gasteiger partial charge in [0.2, 0.25) is 0 Å². The van der Waals surface area contributed by atoms with E-state index in [-0.39, 0.29) is 0 Å². The van der Waals surface area contributed by atoms with Crippen molar-refractivity contribution in [1.29, 1.82) is 0 Å². The summed E-state index contributed by atoms with van der Waals surface area (Å²) in [6.07, 6.45) is 4.35. The Bertz CT molecular complexity index is 956. The summed E-state index contributed by atoms with van der Waals surface area (Å²) in [5.74, 6) is 3.51. The molecule has 0 fully saturated rings. The van der Waals surface area contributed by atoms with Gasteiger partial charge >= 0.3 is 0 Å². The van der Waals surface area contributed by atoms with Crippen LogP contribution in [0.1, 0.15) is 38.2 Å². The van der Waals surface area contributed by atoms with Crippen molar-refractivity contribution in [3.8, 4) is 17.2 Å². The van der Waals surface area contributed by atoms with Crippen LogP contribution in [0.3, 0.4) is 0 Å². The number of anilines is 1. The molecule has 1 unspecified atom stereocenters. The number of amidine groups is 1. The summed E-state index contributed by atoms with van der Waals surface area (Å²) in [6.45, 7) is 5.06. The summed E-state index contributed by atoms with van der Waals surface area (Å²) in [7, 11) is 0. The zero-order valence-corrected chi connectivity index (χ0v) is 17.5. The van der Waals surface area contributed by atoms with Crippen LogP contribution in [0.2, 0.25) is 0 Å². The number of aliphatic hydroxyl groups is 1. The summed E-state index contributed by atoms with van der Waals surface area (Å²) >= 11 is 0. The normalized spacial score (nSPS) is 23.2. The molecule has 6 nitrogen and oxygen atoms in total. The first kappa shape index (κ1) is 19.2. The van der Waals surface area contributed by atoms with E-state index in [2.05, 4.69) is 21.6 Å². The molecule has 6 heteroatoms. The highest BCUT2D eigenvalue weighted by Crippen LogP contribution is 2.39. The Balaban J connectivity index is 1.53. The van der Waals surface area contributed by atoms with Gasteiger partial charge in [-0.05, 0) is 68.7 Å². The summed E-state index contributed by atoms with van der Waals surface area (Å²) < 4.78 is 19.3. The number of ether oxygens (including phenoxy) is 3. The van der Waals surface area contributed by atoms with E-state index in [1.165, 1.54) is 12.3 Å². The molecule has 3 aliphatic rings. The molecular weight excluding hydrogens is 380 g/mol. The fourth-order valence-electron chi connectivity index (χ4n) is 4.74. The maximum Gasteiger partial charge on any atom is 0.271 e. The number of nitrogens with zero attached hydrogens (tertiary/aromatic N) is 2. The fourth-order valence-corrected chi connectivity index (χ4v) is 4.74. The van der Waals surface area contributed by atoms with Crippen LogP contribution in [-0.4, -0.2) is 48.4 Å². The lowest BCUT2D eigenvalue weighted by Crippen LogP contribution is -2.41. The highest BCUT2D eigenvalue weighted by molar-refractivity contribution is 5.96. The van der Waals surface area contributed by atoms with Gasteiger partial charge in [-0.2, -0.15) is 0 Å². The van der Waals surface area contributed by atoms with Crippen molar-refractivity contribution in [1.82, 2.24) is 0 Å². The number of rotatable bonds is 4. The number of hydrogen-bond donors (Lipinski definition) is 1. The molecule has 2 aromatic carbocycles. The minimum absolute atomic E-state index is 0.482. The van der Waals surface area contributed by atoms with Crippen LogP contribution in [0.15, 0.2) is 42.5 Å². The van der Waals surface area contributed by atoms with E-state index in [1.54, 1.807) is 0 Å². The molecule has 0 saturated carbocycles. The maximum atomic E-state index is 12.0. The molecule has 3 aliphatic heterocycles. The van der Waals surface area contributed by atoms with Gasteiger partial charge in [-0.3, -0.25) is 0 Å². The van der Waals surface area contributed by atoms with Crippen molar-refractivity contribution in [2.45, 2.75) is 38.3 Å². The van der Waals surface area contributed by atoms with Gasteiger partial charge in [-0.1, -0.05) is 0 Å². The second-order valence-electron chi connectivity index (χ2n) is 8.07. The van der Waals surface area contributed by atoms with Gasteiger partial charge in [-0.15, -0.1) is 0 Å². The molecule has 0 spiro atoms. The minimum atomic E-state index is -1.10. The molecule has 158 valence electrons. The molecule has 2 aromatic rings. The SMILES string of the molecule is CCOc1ccc(N2CC(O)(c3ccc4c(c3)OCCO4)[N+]3=C2CCCCC3)cc1. The van der Waals surface area contributed by atoms with Gasteiger partial charge in [-0.25, -0.2) is 9.48 Å². The van der Waals surface area contributed by atoms with E-state index >= 15 is 0 Å². The van der Waals surface area contributed by atoms with Crippen molar-refractivity contribution in [2.24, 2.45) is 0 Å². The van der Waals surface area contributed by atoms with Gasteiger partial charge in [0.15, 0.2) is 18.0 Å². The molecular formula is C24H29N2O4+. The first-order chi connectivity index (χ1) is 14.7. The summed E-state index contributed by atoms with van der Waals surface area (Å²) in [6, 6.07) is 14.0. The lowest BCUT2D eigenvalue weighted by molar-refractivity contribution is -0.658. The zero-order valence-electron chi connectivity index (χ0n) is 17.5. The van der Waals surface area contributed by atoms with Crippen molar-refractivity contribution in [3.63, 3.8) is 0 Å². The Kier molecular flexibility index (Phi) is 5.03. The second kappa shape index (κ2) is 7.84. The zero-order chi connectivity index (χ0) is 20.6. The van der Waals surface area contributed by atoms with Crippen LogP contribution >= 0.6 is 0 Å². The smallest absolute Gasteiger partial charge is 0.271 e. The Morgan fingerprint density at radius 2 is 1.83 bits per heavy atom. The number of hydrogen-bond acceptors (Lipinski definition) is 5. The number of β-amino-alcohol motifs (C(OH)–C–C–N with tert-alkyl or cyclic N) is 1. The van der Waals surface area contributed by atoms with Gasteiger partial charge in [0.1, 0.15) is 24.7 Å². The summed E-state index contributed by atoms with van der Waals surface area (Å²) in [5.41, 5.74) is 0.821. The van der Waals surface area contributed by atoms with E-state index < -0.39 is 5.72 Å². The van der Waals surface area contributed by atoms with Crippen LogP contribution in [0.25, 0.3) is 0 Å². The average Bonchev–Trinajstić information content (AvgIpc) is 2.93. The lowest BCUT2D eigenvalue weighted by atomic mass is 10.0. The molecule has 0 amide bonds. The van der Waals surface area contributed by atoms with Crippen LogP contribution in [0.5, 0.6) is 17.2 Å². The molecule has 0 bridgehead atoms. The van der Waals surface area contributed by atoms with Gasteiger partial charge in [0.05, 0.1) is 13.2 Å². The average molecular weight is 410 g/mol. The van der Waals surface area contributed by atoms with Gasteiger partial charge < -0.3 is 19.3 Å². The Labute approximate surface area is 177 Å². The predicted molar refractivity (Wildman–Crippen MR) is 115 cm³/mol. The third-order valence-electron chi connectivity index (χ3n) is 6.19. The Hall–Kier alpha value is -2.73. The monoisotopic (exact) mass is 409 g/mol. The van der Waals surface area contributed by atoms with Gasteiger partial charge in [0.25, 0.3) is 11.6 Å². The fraction of sp³-hybridized carbons (Fsp3) is 0.458. The minimum Gasteiger partial charge on any atom is -0.494 e. The number of fused-ring (bicyclic) bond motifs is 1. The first-order valence-electron chi connectivity index (χ1n) is 11.0. The highest BCUT2D eigenvalue weighted by atomic mass is 16.6. The largest absolute Gasteiger partial charge is 0.494 e. The number of benzene rings is 2. The third-order valence-corrected chi connectivity index (χ3v) is 6.19. The third kappa shape index (κ3) is 3.29. The van der Waals surface area contributed by atoms with Crippen LogP contribution in [-0.2, 0) is 5.72 Å². The maximum absolute atomic E-state index is 12.0. The van der Waals surface area contributed by atoms with Crippen molar-refractivity contribution >= 4 is 11.5 Å². The first-order valence-corrected chi connectivity index (χ1v) is 11.0. The Morgan fingerprint density at radius 1 is 1.03 bits per heavy atom. The topological polar surface area (TPSA) is 54.2 Å². The van der Waals surface area contributed by atoms with Crippen molar-refractivity contribution in [3.05, 3.63) is 48.0 Å². The van der Waals surface area contributed by atoms with E-state index in [4.69, 9.17) is 14.2 Å². The molecule has 30 heavy (non-hydrogen) atoms. The van der Waals surface area contributed by atoms with E-state index in [1.807, 2.05) is 37.3 Å². The predicted octanol–water partition coefficient (Wildman–Crippen LogP) is 3.51.